The van der Waals surface area contributed by atoms with Crippen molar-refractivity contribution in [1.82, 2.24) is 9.80 Å². The lowest BCUT2D eigenvalue weighted by atomic mass is 10.1. The largest absolute Gasteiger partial charge is 0.444 e. The van der Waals surface area contributed by atoms with Gasteiger partial charge in [0.1, 0.15) is 5.60 Å². The normalized spacial score (nSPS) is 20.0. The summed E-state index contributed by atoms with van der Waals surface area (Å²) in [6, 6.07) is -0.978. The third-order valence-electron chi connectivity index (χ3n) is 3.23. The van der Waals surface area contributed by atoms with Crippen LogP contribution in [0.15, 0.2) is 0 Å². The van der Waals surface area contributed by atoms with Crippen molar-refractivity contribution in [2.75, 3.05) is 26.2 Å². The first-order valence-electron chi connectivity index (χ1n) is 7.05. The average molecular weight is 343 g/mol. The number of rotatable bonds is 3. The molecule has 2 N–H and O–H groups in total. The highest BCUT2D eigenvalue weighted by Crippen LogP contribution is 2.27. The van der Waals surface area contributed by atoms with E-state index in [1.165, 1.54) is 4.90 Å². The predicted molar refractivity (Wildman–Crippen MR) is 73.3 cm³/mol. The lowest BCUT2D eigenvalue weighted by Gasteiger charge is -2.42. The molecule has 1 saturated heterocycles. The Morgan fingerprint density at radius 1 is 1.26 bits per heavy atom. The fourth-order valence-corrected chi connectivity index (χ4v) is 2.10. The van der Waals surface area contributed by atoms with Gasteiger partial charge in [-0.05, 0) is 20.8 Å². The number of nitrogens with zero attached hydrogens (tertiary/aromatic N) is 2. The Labute approximate surface area is 131 Å². The van der Waals surface area contributed by atoms with E-state index in [0.717, 1.165) is 0 Å². The van der Waals surface area contributed by atoms with Crippen molar-refractivity contribution in [3.8, 4) is 0 Å². The smallest absolute Gasteiger partial charge is 0.410 e. The number of amides is 2. The van der Waals surface area contributed by atoms with Crippen molar-refractivity contribution < 1.29 is 31.9 Å². The number of hydrogen-bond acceptors (Lipinski definition) is 4. The van der Waals surface area contributed by atoms with Crippen LogP contribution in [0.5, 0.6) is 0 Å². The number of ether oxygens (including phenoxy) is 1. The second-order valence-corrected chi connectivity index (χ2v) is 6.24. The summed E-state index contributed by atoms with van der Waals surface area (Å²) >= 11 is 0. The van der Waals surface area contributed by atoms with Crippen molar-refractivity contribution in [3.63, 3.8) is 0 Å². The van der Waals surface area contributed by atoms with E-state index in [2.05, 4.69) is 0 Å². The van der Waals surface area contributed by atoms with Gasteiger partial charge in [-0.25, -0.2) is 13.6 Å². The van der Waals surface area contributed by atoms with Gasteiger partial charge in [-0.15, -0.1) is 0 Å². The summed E-state index contributed by atoms with van der Waals surface area (Å²) in [6.07, 6.45) is -4.78. The Kier molecular flexibility index (Phi) is 5.84. The molecule has 6 nitrogen and oxygen atoms in total. The van der Waals surface area contributed by atoms with E-state index in [4.69, 9.17) is 10.5 Å². The van der Waals surface area contributed by atoms with Crippen LogP contribution in [0.3, 0.4) is 0 Å². The highest BCUT2D eigenvalue weighted by molar-refractivity contribution is 5.84. The highest BCUT2D eigenvalue weighted by atomic mass is 19.3. The molecule has 0 aromatic carbocycles. The summed E-state index contributed by atoms with van der Waals surface area (Å²) in [7, 11) is 0. The Hall–Kier alpha value is -1.58. The van der Waals surface area contributed by atoms with Crippen molar-refractivity contribution in [3.05, 3.63) is 0 Å². The first-order valence-corrected chi connectivity index (χ1v) is 7.05. The third kappa shape index (κ3) is 4.69. The number of alkyl halides is 4. The van der Waals surface area contributed by atoms with E-state index in [1.54, 1.807) is 20.8 Å². The van der Waals surface area contributed by atoms with Crippen LogP contribution < -0.4 is 5.73 Å². The van der Waals surface area contributed by atoms with Gasteiger partial charge < -0.3 is 20.3 Å². The van der Waals surface area contributed by atoms with E-state index < -0.39 is 36.0 Å². The van der Waals surface area contributed by atoms with Gasteiger partial charge >= 0.3 is 18.4 Å². The van der Waals surface area contributed by atoms with Crippen LogP contribution in [0.2, 0.25) is 0 Å². The summed E-state index contributed by atoms with van der Waals surface area (Å²) in [5.74, 6) is -6.76. The van der Waals surface area contributed by atoms with Crippen LogP contribution in [0.4, 0.5) is 22.4 Å². The minimum Gasteiger partial charge on any atom is -0.444 e. The maximum Gasteiger partial charge on any atom is 0.410 e. The molecule has 1 aliphatic heterocycles. The highest BCUT2D eigenvalue weighted by Gasteiger charge is 2.53. The number of carbonyl (C=O) groups is 2. The van der Waals surface area contributed by atoms with Gasteiger partial charge in [-0.1, -0.05) is 0 Å². The molecule has 1 fully saturated rings. The molecule has 0 aromatic rings. The number of hydrogen-bond donors (Lipinski definition) is 1. The van der Waals surface area contributed by atoms with Crippen LogP contribution in [0, 0.1) is 0 Å². The first kappa shape index (κ1) is 19.5. The lowest BCUT2D eigenvalue weighted by Crippen LogP contribution is -2.62. The SMILES string of the molecule is CC(C)(C)OC(=O)N1CCN(C(=O)C(F)(F)C(F)F)C(CN)C1. The monoisotopic (exact) mass is 343 g/mol. The molecular formula is C13H21F4N3O3. The Morgan fingerprint density at radius 3 is 2.26 bits per heavy atom. The van der Waals surface area contributed by atoms with E-state index in [0.29, 0.717) is 4.90 Å². The Morgan fingerprint density at radius 2 is 1.83 bits per heavy atom. The molecule has 2 amide bonds. The summed E-state index contributed by atoms with van der Waals surface area (Å²) in [6.45, 7) is 4.16. The van der Waals surface area contributed by atoms with Gasteiger partial charge in [0.25, 0.3) is 5.91 Å². The Bertz CT molecular complexity index is 454. The van der Waals surface area contributed by atoms with Gasteiger partial charge in [0.2, 0.25) is 0 Å². The van der Waals surface area contributed by atoms with Gasteiger partial charge in [0.05, 0.1) is 6.04 Å². The summed E-state index contributed by atoms with van der Waals surface area (Å²) in [4.78, 5) is 25.4. The predicted octanol–water partition coefficient (Wildman–Crippen LogP) is 1.29. The maximum absolute atomic E-state index is 13.2. The molecule has 1 heterocycles. The van der Waals surface area contributed by atoms with Gasteiger partial charge in [-0.3, -0.25) is 4.79 Å². The molecule has 1 atom stereocenters. The van der Waals surface area contributed by atoms with E-state index in [1.807, 2.05) is 0 Å². The fourth-order valence-electron chi connectivity index (χ4n) is 2.10. The molecule has 1 rings (SSSR count). The molecule has 0 radical (unpaired) electrons. The second kappa shape index (κ2) is 6.90. The maximum atomic E-state index is 13.2. The number of nitrogens with two attached hydrogens (primary N) is 1. The molecule has 1 aliphatic rings. The quantitative estimate of drug-likeness (QED) is 0.784. The molecule has 10 heteroatoms. The van der Waals surface area contributed by atoms with E-state index in [9.17, 15) is 27.2 Å². The zero-order chi connectivity index (χ0) is 18.0. The van der Waals surface area contributed by atoms with Crippen LogP contribution in [-0.4, -0.2) is 72.0 Å². The molecule has 0 aromatic heterocycles. The number of halogens is 4. The molecule has 0 aliphatic carbocycles. The van der Waals surface area contributed by atoms with E-state index >= 15 is 0 Å². The van der Waals surface area contributed by atoms with Crippen LogP contribution in [0.25, 0.3) is 0 Å². The molecular weight excluding hydrogens is 322 g/mol. The Balaban J connectivity index is 2.81. The van der Waals surface area contributed by atoms with Crippen molar-refractivity contribution in [2.24, 2.45) is 5.73 Å². The van der Waals surface area contributed by atoms with Crippen LogP contribution >= 0.6 is 0 Å². The zero-order valence-corrected chi connectivity index (χ0v) is 13.2. The number of piperazine rings is 1. The standard InChI is InChI=1S/C13H21F4N3O3/c1-12(2,3)23-11(22)19-4-5-20(8(6-18)7-19)10(21)13(16,17)9(14)15/h8-9H,4-7,18H2,1-3H3. The minimum absolute atomic E-state index is 0.101. The van der Waals surface area contributed by atoms with Crippen molar-refractivity contribution >= 4 is 12.0 Å². The van der Waals surface area contributed by atoms with Gasteiger partial charge in [0.15, 0.2) is 0 Å². The minimum atomic E-state index is -4.78. The topological polar surface area (TPSA) is 75.9 Å². The van der Waals surface area contributed by atoms with Gasteiger partial charge in [-0.2, -0.15) is 8.78 Å². The van der Waals surface area contributed by atoms with Crippen molar-refractivity contribution in [2.45, 2.75) is 44.8 Å². The third-order valence-corrected chi connectivity index (χ3v) is 3.23. The number of carbonyl (C=O) groups excluding carboxylic acids is 2. The molecule has 134 valence electrons. The van der Waals surface area contributed by atoms with Crippen LogP contribution in [-0.2, 0) is 9.53 Å². The summed E-state index contributed by atoms with van der Waals surface area (Å²) < 4.78 is 56.2. The summed E-state index contributed by atoms with van der Waals surface area (Å²) in [5.41, 5.74) is 4.69. The first-order chi connectivity index (χ1) is 10.4. The second-order valence-electron chi connectivity index (χ2n) is 6.24. The average Bonchev–Trinajstić information content (AvgIpc) is 2.43. The molecule has 1 unspecified atom stereocenters. The van der Waals surface area contributed by atoms with Gasteiger partial charge in [0, 0.05) is 26.2 Å². The summed E-state index contributed by atoms with van der Waals surface area (Å²) in [5, 5.41) is 0. The zero-order valence-electron chi connectivity index (χ0n) is 13.2. The molecule has 0 bridgehead atoms. The van der Waals surface area contributed by atoms with E-state index in [-0.39, 0.29) is 26.2 Å². The van der Waals surface area contributed by atoms with Crippen molar-refractivity contribution in [1.29, 1.82) is 0 Å². The fraction of sp³-hybridized carbons (Fsp3) is 0.846. The molecule has 23 heavy (non-hydrogen) atoms. The molecule has 0 spiro atoms. The lowest BCUT2D eigenvalue weighted by molar-refractivity contribution is -0.184. The van der Waals surface area contributed by atoms with Crippen LogP contribution in [0.1, 0.15) is 20.8 Å². The molecule has 0 saturated carbocycles.